The second-order valence-corrected chi connectivity index (χ2v) is 7.04. The minimum atomic E-state index is -0.968. The molecule has 0 aliphatic rings. The van der Waals surface area contributed by atoms with E-state index in [9.17, 15) is 14.7 Å². The molecule has 168 valence electrons. The third kappa shape index (κ3) is 7.89. The number of allylic oxidation sites excluding steroid dienone is 1. The van der Waals surface area contributed by atoms with Gasteiger partial charge in [-0.1, -0.05) is 37.4 Å². The van der Waals surface area contributed by atoms with Crippen molar-refractivity contribution >= 4 is 23.6 Å². The molecule has 1 unspecified atom stereocenters. The number of carbonyl (C=O) groups excluding carboxylic acids is 2. The number of esters is 2. The third-order valence-corrected chi connectivity index (χ3v) is 4.46. The van der Waals surface area contributed by atoms with Gasteiger partial charge in [-0.15, -0.1) is 0 Å². The quantitative estimate of drug-likeness (QED) is 0.137. The van der Waals surface area contributed by atoms with Crippen LogP contribution in [0.4, 0.5) is 0 Å². The highest BCUT2D eigenvalue weighted by molar-refractivity contribution is 5.84. The molecule has 0 spiro atoms. The van der Waals surface area contributed by atoms with Gasteiger partial charge in [-0.3, -0.25) is 0 Å². The van der Waals surface area contributed by atoms with Gasteiger partial charge in [0.1, 0.15) is 11.5 Å². The summed E-state index contributed by atoms with van der Waals surface area (Å²) >= 11 is 0. The molecule has 32 heavy (non-hydrogen) atoms. The van der Waals surface area contributed by atoms with Crippen molar-refractivity contribution in [3.8, 4) is 11.5 Å². The molecule has 2 aromatic carbocycles. The fraction of sp³-hybridized carbons (Fsp3) is 0.231. The SMILES string of the molecule is C=CC(=O)OCCCc1ccc(/C=C(\C)c2ccc(OC(=O)C=C)cc2)c(OC(C)O)c1. The molecule has 6 nitrogen and oxygen atoms in total. The number of aliphatic hydroxyl groups is 1. The van der Waals surface area contributed by atoms with E-state index in [1.165, 1.54) is 0 Å². The highest BCUT2D eigenvalue weighted by Crippen LogP contribution is 2.28. The molecule has 0 bridgehead atoms. The van der Waals surface area contributed by atoms with Crippen LogP contribution in [0.3, 0.4) is 0 Å². The molecule has 0 aliphatic carbocycles. The number of aryl methyl sites for hydroxylation is 1. The molecular formula is C26H28O6. The molecule has 0 saturated carbocycles. The van der Waals surface area contributed by atoms with Crippen LogP contribution in [-0.2, 0) is 20.7 Å². The lowest BCUT2D eigenvalue weighted by molar-refractivity contribution is -0.137. The molecule has 1 atom stereocenters. The zero-order valence-corrected chi connectivity index (χ0v) is 18.4. The van der Waals surface area contributed by atoms with Crippen molar-refractivity contribution in [1.29, 1.82) is 0 Å². The van der Waals surface area contributed by atoms with Gasteiger partial charge in [0.05, 0.1) is 6.61 Å². The molecule has 0 aliphatic heterocycles. The zero-order chi connectivity index (χ0) is 23.5. The van der Waals surface area contributed by atoms with Gasteiger partial charge in [-0.05, 0) is 67.7 Å². The van der Waals surface area contributed by atoms with Crippen LogP contribution in [0.25, 0.3) is 11.6 Å². The van der Waals surface area contributed by atoms with E-state index in [-0.39, 0.29) is 0 Å². The van der Waals surface area contributed by atoms with Gasteiger partial charge in [-0.2, -0.15) is 0 Å². The van der Waals surface area contributed by atoms with Gasteiger partial charge in [0, 0.05) is 17.7 Å². The maximum Gasteiger partial charge on any atom is 0.335 e. The number of carbonyl (C=O) groups is 2. The van der Waals surface area contributed by atoms with Crippen molar-refractivity contribution in [3.63, 3.8) is 0 Å². The van der Waals surface area contributed by atoms with Gasteiger partial charge in [0.15, 0.2) is 6.29 Å². The summed E-state index contributed by atoms with van der Waals surface area (Å²) in [5, 5.41) is 9.74. The van der Waals surface area contributed by atoms with Gasteiger partial charge < -0.3 is 19.3 Å². The van der Waals surface area contributed by atoms with Crippen LogP contribution in [0.1, 0.15) is 37.0 Å². The van der Waals surface area contributed by atoms with Crippen molar-refractivity contribution in [1.82, 2.24) is 0 Å². The summed E-state index contributed by atoms with van der Waals surface area (Å²) in [4.78, 5) is 22.4. The van der Waals surface area contributed by atoms with Gasteiger partial charge >= 0.3 is 11.9 Å². The summed E-state index contributed by atoms with van der Waals surface area (Å²) in [6.07, 6.45) is 4.58. The standard InChI is InChI=1S/C26H28O6/c1-5-25(28)30-15-7-8-20-9-10-22(24(17-20)31-19(4)27)16-18(3)21-11-13-23(14-12-21)32-26(29)6-2/h5-6,9-14,16-17,19,27H,1-2,7-8,15H2,3-4H3/b18-16+. The molecule has 0 aromatic heterocycles. The Labute approximate surface area is 188 Å². The maximum absolute atomic E-state index is 11.3. The Bertz CT molecular complexity index is 986. The van der Waals surface area contributed by atoms with E-state index >= 15 is 0 Å². The molecule has 0 radical (unpaired) electrons. The van der Waals surface area contributed by atoms with Crippen LogP contribution in [0.5, 0.6) is 11.5 Å². The van der Waals surface area contributed by atoms with E-state index in [1.54, 1.807) is 19.1 Å². The Balaban J connectivity index is 2.16. The summed E-state index contributed by atoms with van der Waals surface area (Å²) < 4.78 is 15.7. The van der Waals surface area contributed by atoms with E-state index in [4.69, 9.17) is 14.2 Å². The topological polar surface area (TPSA) is 82.1 Å². The minimum Gasteiger partial charge on any atom is -0.465 e. The third-order valence-electron chi connectivity index (χ3n) is 4.46. The fourth-order valence-electron chi connectivity index (χ4n) is 2.91. The van der Waals surface area contributed by atoms with Crippen LogP contribution in [0, 0.1) is 0 Å². The lowest BCUT2D eigenvalue weighted by Gasteiger charge is -2.14. The van der Waals surface area contributed by atoms with E-state index in [2.05, 4.69) is 13.2 Å². The first-order valence-electron chi connectivity index (χ1n) is 10.2. The molecule has 1 N–H and O–H groups in total. The summed E-state index contributed by atoms with van der Waals surface area (Å²) in [7, 11) is 0. The monoisotopic (exact) mass is 436 g/mol. The average molecular weight is 437 g/mol. The normalized spacial score (nSPS) is 11.9. The van der Waals surface area contributed by atoms with Crippen LogP contribution in [0.2, 0.25) is 0 Å². The van der Waals surface area contributed by atoms with Gasteiger partial charge in [-0.25, -0.2) is 9.59 Å². The molecule has 0 saturated heterocycles. The summed E-state index contributed by atoms with van der Waals surface area (Å²) in [6, 6.07) is 12.9. The summed E-state index contributed by atoms with van der Waals surface area (Å²) in [6.45, 7) is 10.6. The Kier molecular flexibility index (Phi) is 9.44. The number of hydrogen-bond acceptors (Lipinski definition) is 6. The second-order valence-electron chi connectivity index (χ2n) is 7.04. The van der Waals surface area contributed by atoms with Crippen molar-refractivity contribution in [3.05, 3.63) is 84.5 Å². The molecular weight excluding hydrogens is 408 g/mol. The van der Waals surface area contributed by atoms with Gasteiger partial charge in [0.25, 0.3) is 0 Å². The Morgan fingerprint density at radius 1 is 1.06 bits per heavy atom. The first kappa shape index (κ1) is 24.6. The maximum atomic E-state index is 11.3. The average Bonchev–Trinajstić information content (AvgIpc) is 2.78. The Morgan fingerprint density at radius 3 is 2.38 bits per heavy atom. The van der Waals surface area contributed by atoms with E-state index in [1.807, 2.05) is 43.3 Å². The van der Waals surface area contributed by atoms with Gasteiger partial charge in [0.2, 0.25) is 0 Å². The lowest BCUT2D eigenvalue weighted by Crippen LogP contribution is -2.11. The lowest BCUT2D eigenvalue weighted by atomic mass is 10.0. The highest BCUT2D eigenvalue weighted by atomic mass is 16.6. The van der Waals surface area contributed by atoms with Crippen molar-refractivity contribution in [2.45, 2.75) is 33.0 Å². The smallest absolute Gasteiger partial charge is 0.335 e. The van der Waals surface area contributed by atoms with E-state index < -0.39 is 18.2 Å². The first-order chi connectivity index (χ1) is 15.3. The summed E-state index contributed by atoms with van der Waals surface area (Å²) in [5.41, 5.74) is 3.72. The number of ether oxygens (including phenoxy) is 3. The van der Waals surface area contributed by atoms with E-state index in [0.717, 1.165) is 34.4 Å². The van der Waals surface area contributed by atoms with E-state index in [0.29, 0.717) is 30.9 Å². The Morgan fingerprint density at radius 2 is 1.75 bits per heavy atom. The number of hydrogen-bond donors (Lipinski definition) is 1. The second kappa shape index (κ2) is 12.3. The predicted octanol–water partition coefficient (Wildman–Crippen LogP) is 4.72. The number of benzene rings is 2. The molecule has 2 rings (SSSR count). The summed E-state index contributed by atoms with van der Waals surface area (Å²) in [5.74, 6) is 0.0408. The predicted molar refractivity (Wildman–Crippen MR) is 124 cm³/mol. The largest absolute Gasteiger partial charge is 0.465 e. The van der Waals surface area contributed by atoms with Crippen molar-refractivity contribution in [2.24, 2.45) is 0 Å². The highest BCUT2D eigenvalue weighted by Gasteiger charge is 2.09. The molecule has 2 aromatic rings. The minimum absolute atomic E-state index is 0.302. The van der Waals surface area contributed by atoms with Crippen LogP contribution in [0.15, 0.2) is 67.8 Å². The molecule has 0 amide bonds. The Hall–Kier alpha value is -3.64. The molecule has 0 heterocycles. The van der Waals surface area contributed by atoms with Crippen LogP contribution in [-0.4, -0.2) is 29.9 Å². The van der Waals surface area contributed by atoms with Crippen molar-refractivity contribution in [2.75, 3.05) is 6.61 Å². The number of aliphatic hydroxyl groups excluding tert-OH is 1. The fourth-order valence-corrected chi connectivity index (χ4v) is 2.91. The van der Waals surface area contributed by atoms with Crippen LogP contribution < -0.4 is 9.47 Å². The van der Waals surface area contributed by atoms with Crippen LogP contribution >= 0.6 is 0 Å². The molecule has 0 fully saturated rings. The van der Waals surface area contributed by atoms with Crippen molar-refractivity contribution < 1.29 is 28.9 Å². The first-order valence-corrected chi connectivity index (χ1v) is 10.2. The zero-order valence-electron chi connectivity index (χ0n) is 18.4. The molecule has 6 heteroatoms. The number of rotatable bonds is 11.